The first-order valence-electron chi connectivity index (χ1n) is 5.43. The van der Waals surface area contributed by atoms with Crippen LogP contribution in [0.5, 0.6) is 0 Å². The number of oxazole rings is 1. The van der Waals surface area contributed by atoms with Crippen LogP contribution in [0.25, 0.3) is 11.1 Å². The van der Waals surface area contributed by atoms with Gasteiger partial charge in [-0.1, -0.05) is 6.07 Å². The van der Waals surface area contributed by atoms with Crippen LogP contribution in [-0.4, -0.2) is 30.1 Å². The van der Waals surface area contributed by atoms with Crippen molar-refractivity contribution in [2.45, 2.75) is 6.42 Å². The summed E-state index contributed by atoms with van der Waals surface area (Å²) in [7, 11) is 1.98. The van der Waals surface area contributed by atoms with Crippen molar-refractivity contribution in [3.8, 4) is 0 Å². The number of nitrogens with one attached hydrogen (secondary N) is 2. The van der Waals surface area contributed by atoms with E-state index in [1.807, 2.05) is 25.2 Å². The van der Waals surface area contributed by atoms with Crippen LogP contribution >= 0.6 is 0 Å². The summed E-state index contributed by atoms with van der Waals surface area (Å²) in [5, 5.41) is 0. The molecule has 0 bridgehead atoms. The molecule has 0 amide bonds. The fourth-order valence-electron chi connectivity index (χ4n) is 1.71. The van der Waals surface area contributed by atoms with Gasteiger partial charge < -0.3 is 4.42 Å². The molecule has 0 unspecified atom stereocenters. The van der Waals surface area contributed by atoms with Crippen LogP contribution in [0.15, 0.2) is 27.4 Å². The van der Waals surface area contributed by atoms with Crippen molar-refractivity contribution in [1.29, 1.82) is 0 Å². The molecule has 2 rings (SSSR count). The van der Waals surface area contributed by atoms with E-state index >= 15 is 0 Å². The van der Waals surface area contributed by atoms with E-state index in [0.717, 1.165) is 24.0 Å². The maximum Gasteiger partial charge on any atom is 0.417 e. The number of fused-ring (bicyclic) bond motifs is 1. The second kappa shape index (κ2) is 5.13. The molecule has 1 aromatic carbocycles. The summed E-state index contributed by atoms with van der Waals surface area (Å²) in [5.41, 5.74) is 5.09. The number of nitrogens with zero attached hydrogens (tertiary/aromatic N) is 1. The Morgan fingerprint density at radius 3 is 3.12 bits per heavy atom. The van der Waals surface area contributed by atoms with Crippen molar-refractivity contribution >= 4 is 11.1 Å². The van der Waals surface area contributed by atoms with Gasteiger partial charge in [0.05, 0.1) is 12.2 Å². The molecule has 1 heterocycles. The normalized spacial score (nSPS) is 11.5. The van der Waals surface area contributed by atoms with E-state index in [2.05, 4.69) is 15.3 Å². The van der Waals surface area contributed by atoms with Gasteiger partial charge in [0, 0.05) is 6.54 Å². The summed E-state index contributed by atoms with van der Waals surface area (Å²) in [4.78, 5) is 15.7. The van der Waals surface area contributed by atoms with Crippen LogP contribution in [0.4, 0.5) is 0 Å². The van der Waals surface area contributed by atoms with Gasteiger partial charge in [-0.2, -0.15) is 0 Å². The van der Waals surface area contributed by atoms with Crippen molar-refractivity contribution in [3.05, 3.63) is 34.3 Å². The number of aromatic nitrogens is 1. The molecule has 6 nitrogen and oxygen atoms in total. The number of aromatic amines is 1. The molecule has 0 saturated carbocycles. The lowest BCUT2D eigenvalue weighted by Crippen LogP contribution is -2.36. The second-order valence-corrected chi connectivity index (χ2v) is 4.04. The third-order valence-electron chi connectivity index (χ3n) is 2.63. The molecule has 0 radical (unpaired) electrons. The number of likely N-dealkylation sites (N-methyl/N-ethyl adjacent to an activating group) is 1. The van der Waals surface area contributed by atoms with E-state index < -0.39 is 5.76 Å². The quantitative estimate of drug-likeness (QED) is 0.387. The van der Waals surface area contributed by atoms with Crippen LogP contribution in [0.1, 0.15) is 5.56 Å². The lowest BCUT2D eigenvalue weighted by atomic mass is 10.1. The van der Waals surface area contributed by atoms with E-state index in [0.29, 0.717) is 12.3 Å². The molecule has 0 saturated heterocycles. The van der Waals surface area contributed by atoms with Crippen molar-refractivity contribution in [3.63, 3.8) is 0 Å². The highest BCUT2D eigenvalue weighted by atomic mass is 16.4. The van der Waals surface area contributed by atoms with Crippen LogP contribution in [-0.2, 0) is 6.42 Å². The largest absolute Gasteiger partial charge is 0.417 e. The number of hydrogen-bond donors (Lipinski definition) is 3. The van der Waals surface area contributed by atoms with Crippen molar-refractivity contribution in [1.82, 2.24) is 15.3 Å². The minimum absolute atomic E-state index is 0.415. The number of rotatable bonds is 5. The number of hydrazine groups is 1. The lowest BCUT2D eigenvalue weighted by molar-refractivity contribution is 0.313. The molecule has 92 valence electrons. The molecular weight excluding hydrogens is 220 g/mol. The average Bonchev–Trinajstić information content (AvgIpc) is 2.66. The third-order valence-corrected chi connectivity index (χ3v) is 2.63. The van der Waals surface area contributed by atoms with Gasteiger partial charge in [0.15, 0.2) is 5.58 Å². The molecule has 2 aromatic rings. The fourth-order valence-corrected chi connectivity index (χ4v) is 1.71. The molecule has 4 N–H and O–H groups in total. The van der Waals surface area contributed by atoms with Crippen molar-refractivity contribution in [2.75, 3.05) is 20.3 Å². The molecular formula is C11H16N4O2. The Labute approximate surface area is 98.4 Å². The minimum Gasteiger partial charge on any atom is -0.408 e. The highest BCUT2D eigenvalue weighted by molar-refractivity contribution is 5.72. The predicted octanol–water partition coefficient (Wildman–Crippen LogP) is 0.0162. The van der Waals surface area contributed by atoms with Crippen LogP contribution < -0.4 is 17.0 Å². The summed E-state index contributed by atoms with van der Waals surface area (Å²) < 4.78 is 4.94. The Hall–Kier alpha value is -1.63. The van der Waals surface area contributed by atoms with Gasteiger partial charge in [-0.05, 0) is 31.2 Å². The van der Waals surface area contributed by atoms with Crippen LogP contribution in [0.2, 0.25) is 0 Å². The minimum atomic E-state index is -0.415. The maximum absolute atomic E-state index is 11.0. The van der Waals surface area contributed by atoms with E-state index in [1.54, 1.807) is 0 Å². The number of hydrogen-bond acceptors (Lipinski definition) is 5. The lowest BCUT2D eigenvalue weighted by Gasteiger charge is -2.15. The van der Waals surface area contributed by atoms with Crippen molar-refractivity contribution < 1.29 is 4.42 Å². The molecule has 17 heavy (non-hydrogen) atoms. The van der Waals surface area contributed by atoms with Gasteiger partial charge in [0.2, 0.25) is 0 Å². The first-order chi connectivity index (χ1) is 8.19. The third kappa shape index (κ3) is 2.94. The standard InChI is InChI=1S/C11H16N4O2/c1-15(7-13-12)5-4-8-2-3-10-9(6-8)14-11(16)17-10/h2-3,6,13H,4-5,7,12H2,1H3,(H,14,16). The molecule has 0 spiro atoms. The summed E-state index contributed by atoms with van der Waals surface area (Å²) >= 11 is 0. The first-order valence-corrected chi connectivity index (χ1v) is 5.43. The SMILES string of the molecule is CN(CCc1ccc2oc(=O)[nH]c2c1)CNN. The number of H-pyrrole nitrogens is 1. The average molecular weight is 236 g/mol. The van der Waals surface area contributed by atoms with E-state index in [1.165, 1.54) is 0 Å². The van der Waals surface area contributed by atoms with Crippen LogP contribution in [0.3, 0.4) is 0 Å². The molecule has 0 aliphatic heterocycles. The summed E-state index contributed by atoms with van der Waals surface area (Å²) in [5.74, 6) is 4.82. The Morgan fingerprint density at radius 2 is 2.35 bits per heavy atom. The zero-order valence-electron chi connectivity index (χ0n) is 9.69. The van der Waals surface area contributed by atoms with E-state index in [4.69, 9.17) is 10.3 Å². The molecule has 1 aromatic heterocycles. The Kier molecular flexibility index (Phi) is 3.58. The Morgan fingerprint density at radius 1 is 1.53 bits per heavy atom. The van der Waals surface area contributed by atoms with Gasteiger partial charge in [-0.25, -0.2) is 10.2 Å². The highest BCUT2D eigenvalue weighted by Gasteiger charge is 2.03. The molecule has 0 aliphatic carbocycles. The van der Waals surface area contributed by atoms with Gasteiger partial charge >= 0.3 is 5.76 Å². The Balaban J connectivity index is 2.06. The molecule has 0 fully saturated rings. The predicted molar refractivity (Wildman–Crippen MR) is 65.4 cm³/mol. The smallest absolute Gasteiger partial charge is 0.408 e. The monoisotopic (exact) mass is 236 g/mol. The van der Waals surface area contributed by atoms with Gasteiger partial charge in [0.1, 0.15) is 0 Å². The molecule has 6 heteroatoms. The topological polar surface area (TPSA) is 87.3 Å². The molecule has 0 atom stereocenters. The number of nitrogens with two attached hydrogens (primary N) is 1. The van der Waals surface area contributed by atoms with Gasteiger partial charge in [-0.15, -0.1) is 0 Å². The number of benzene rings is 1. The highest BCUT2D eigenvalue weighted by Crippen LogP contribution is 2.12. The summed E-state index contributed by atoms with van der Waals surface area (Å²) in [6.45, 7) is 1.53. The summed E-state index contributed by atoms with van der Waals surface area (Å²) in [6, 6.07) is 5.70. The van der Waals surface area contributed by atoms with Gasteiger partial charge in [0.25, 0.3) is 0 Å². The second-order valence-electron chi connectivity index (χ2n) is 4.04. The zero-order chi connectivity index (χ0) is 12.3. The van der Waals surface area contributed by atoms with E-state index in [-0.39, 0.29) is 0 Å². The fraction of sp³-hybridized carbons (Fsp3) is 0.364. The Bertz CT molecular complexity index is 546. The first kappa shape index (κ1) is 11.8. The summed E-state index contributed by atoms with van der Waals surface area (Å²) in [6.07, 6.45) is 0.890. The van der Waals surface area contributed by atoms with E-state index in [9.17, 15) is 4.79 Å². The van der Waals surface area contributed by atoms with Crippen LogP contribution in [0, 0.1) is 0 Å². The van der Waals surface area contributed by atoms with Crippen molar-refractivity contribution in [2.24, 2.45) is 5.84 Å². The zero-order valence-corrected chi connectivity index (χ0v) is 9.69. The van der Waals surface area contributed by atoms with Gasteiger partial charge in [-0.3, -0.25) is 15.7 Å². The maximum atomic E-state index is 11.0. The molecule has 0 aliphatic rings.